The van der Waals surface area contributed by atoms with Crippen molar-refractivity contribution in [2.75, 3.05) is 11.1 Å². The summed E-state index contributed by atoms with van der Waals surface area (Å²) < 4.78 is 39.2. The molecular weight excluding hydrogens is 293 g/mol. The molecule has 112 valence electrons. The van der Waals surface area contributed by atoms with Gasteiger partial charge in [-0.25, -0.2) is 9.97 Å². The molecule has 0 bridgehead atoms. The minimum absolute atomic E-state index is 0.0800. The Morgan fingerprint density at radius 1 is 0.955 bits per heavy atom. The molecule has 7 heteroatoms. The van der Waals surface area contributed by atoms with Crippen LogP contribution in [0.4, 0.5) is 30.6 Å². The van der Waals surface area contributed by atoms with Crippen LogP contribution in [0.3, 0.4) is 0 Å². The molecule has 4 nitrogen and oxygen atoms in total. The van der Waals surface area contributed by atoms with E-state index in [0.29, 0.717) is 22.8 Å². The Hall–Kier alpha value is -2.83. The summed E-state index contributed by atoms with van der Waals surface area (Å²) in [5.41, 5.74) is 4.89. The number of alkyl halides is 3. The van der Waals surface area contributed by atoms with Gasteiger partial charge in [-0.3, -0.25) is 0 Å². The summed E-state index contributed by atoms with van der Waals surface area (Å²) in [6.07, 6.45) is -3.10. The minimum atomic E-state index is -4.42. The maximum atomic E-state index is 13.1. The lowest BCUT2D eigenvalue weighted by atomic mass is 10.1. The lowest BCUT2D eigenvalue weighted by Gasteiger charge is -2.13. The normalized spacial score (nSPS) is 11.6. The fraction of sp³-hybridized carbons (Fsp3) is 0.0667. The van der Waals surface area contributed by atoms with Gasteiger partial charge in [0, 0.05) is 11.6 Å². The van der Waals surface area contributed by atoms with E-state index >= 15 is 0 Å². The van der Waals surface area contributed by atoms with Crippen LogP contribution in [-0.2, 0) is 6.18 Å². The summed E-state index contributed by atoms with van der Waals surface area (Å²) in [6.45, 7) is 0. The fourth-order valence-corrected chi connectivity index (χ4v) is 2.20. The number of nitrogens with one attached hydrogen (secondary N) is 1. The molecule has 1 aromatic carbocycles. The topological polar surface area (TPSA) is 63.8 Å². The van der Waals surface area contributed by atoms with Crippen molar-refractivity contribution in [2.45, 2.75) is 6.18 Å². The third-order valence-electron chi connectivity index (χ3n) is 3.13. The van der Waals surface area contributed by atoms with Gasteiger partial charge in [-0.05, 0) is 29.7 Å². The molecule has 0 atom stereocenters. The van der Waals surface area contributed by atoms with Crippen LogP contribution in [0.15, 0.2) is 48.7 Å². The average molecular weight is 304 g/mol. The first kappa shape index (κ1) is 14.1. The van der Waals surface area contributed by atoms with Gasteiger partial charge in [0.25, 0.3) is 0 Å². The molecule has 3 N–H and O–H groups in total. The van der Waals surface area contributed by atoms with Crippen molar-refractivity contribution >= 4 is 28.2 Å². The molecule has 0 saturated carbocycles. The molecule has 2 aromatic heterocycles. The smallest absolute Gasteiger partial charge is 0.384 e. The van der Waals surface area contributed by atoms with E-state index in [1.54, 1.807) is 24.3 Å². The monoisotopic (exact) mass is 304 g/mol. The number of rotatable bonds is 2. The molecule has 22 heavy (non-hydrogen) atoms. The Morgan fingerprint density at radius 2 is 1.73 bits per heavy atom. The zero-order valence-corrected chi connectivity index (χ0v) is 11.2. The molecule has 0 amide bonds. The van der Waals surface area contributed by atoms with E-state index in [4.69, 9.17) is 5.73 Å². The Balaban J connectivity index is 2.12. The Morgan fingerprint density at radius 3 is 2.45 bits per heavy atom. The van der Waals surface area contributed by atoms with Gasteiger partial charge in [0.2, 0.25) is 0 Å². The highest BCUT2D eigenvalue weighted by Crippen LogP contribution is 2.36. The maximum absolute atomic E-state index is 13.1. The van der Waals surface area contributed by atoms with Gasteiger partial charge < -0.3 is 11.1 Å². The van der Waals surface area contributed by atoms with Crippen molar-refractivity contribution < 1.29 is 13.2 Å². The SMILES string of the molecule is Nc1cccc(Nc2nccc3c(C(F)(F)F)cccc23)n1. The average Bonchev–Trinajstić information content (AvgIpc) is 2.46. The number of nitrogens with zero attached hydrogens (tertiary/aromatic N) is 2. The fourth-order valence-electron chi connectivity index (χ4n) is 2.20. The maximum Gasteiger partial charge on any atom is 0.417 e. The van der Waals surface area contributed by atoms with E-state index in [1.807, 2.05) is 0 Å². The summed E-state index contributed by atoms with van der Waals surface area (Å²) in [4.78, 5) is 8.15. The number of anilines is 3. The van der Waals surface area contributed by atoms with Crippen molar-refractivity contribution in [3.63, 3.8) is 0 Å². The van der Waals surface area contributed by atoms with Gasteiger partial charge in [0.05, 0.1) is 5.56 Å². The van der Waals surface area contributed by atoms with Crippen molar-refractivity contribution in [3.8, 4) is 0 Å². The molecule has 0 radical (unpaired) electrons. The number of nitrogens with two attached hydrogens (primary N) is 1. The second-order valence-electron chi connectivity index (χ2n) is 4.63. The van der Waals surface area contributed by atoms with Crippen molar-refractivity contribution in [2.24, 2.45) is 0 Å². The molecule has 0 aliphatic rings. The number of pyridine rings is 2. The summed E-state index contributed by atoms with van der Waals surface area (Å²) in [7, 11) is 0. The summed E-state index contributed by atoms with van der Waals surface area (Å²) in [6, 6.07) is 10.3. The summed E-state index contributed by atoms with van der Waals surface area (Å²) in [5, 5.41) is 3.34. The van der Waals surface area contributed by atoms with Gasteiger partial charge in [0.15, 0.2) is 0 Å². The first-order chi connectivity index (χ1) is 10.4. The van der Waals surface area contributed by atoms with E-state index in [1.165, 1.54) is 18.3 Å². The van der Waals surface area contributed by atoms with Crippen molar-refractivity contribution in [3.05, 3.63) is 54.2 Å². The molecule has 3 aromatic rings. The van der Waals surface area contributed by atoms with E-state index < -0.39 is 11.7 Å². The van der Waals surface area contributed by atoms with Crippen LogP contribution in [-0.4, -0.2) is 9.97 Å². The third-order valence-corrected chi connectivity index (χ3v) is 3.13. The third kappa shape index (κ3) is 2.65. The van der Waals surface area contributed by atoms with Gasteiger partial charge in [-0.1, -0.05) is 18.2 Å². The molecule has 2 heterocycles. The van der Waals surface area contributed by atoms with Gasteiger partial charge in [-0.15, -0.1) is 0 Å². The van der Waals surface area contributed by atoms with Crippen LogP contribution in [0, 0.1) is 0 Å². The van der Waals surface area contributed by atoms with Crippen LogP contribution in [0.2, 0.25) is 0 Å². The Kier molecular flexibility index (Phi) is 3.32. The Labute approximate surface area is 123 Å². The quantitative estimate of drug-likeness (QED) is 0.752. The van der Waals surface area contributed by atoms with E-state index in [-0.39, 0.29) is 5.39 Å². The number of halogens is 3. The van der Waals surface area contributed by atoms with E-state index in [2.05, 4.69) is 15.3 Å². The standard InChI is InChI=1S/C15H11F3N4/c16-15(17,18)11-4-1-3-10-9(11)7-8-20-14(10)22-13-6-2-5-12(19)21-13/h1-8H,(H3,19,20,21,22). The highest BCUT2D eigenvalue weighted by molar-refractivity contribution is 5.95. The number of benzene rings is 1. The van der Waals surface area contributed by atoms with E-state index in [9.17, 15) is 13.2 Å². The number of fused-ring (bicyclic) bond motifs is 1. The second-order valence-corrected chi connectivity index (χ2v) is 4.63. The largest absolute Gasteiger partial charge is 0.417 e. The van der Waals surface area contributed by atoms with Gasteiger partial charge in [-0.2, -0.15) is 13.2 Å². The number of hydrogen-bond acceptors (Lipinski definition) is 4. The molecule has 0 unspecified atom stereocenters. The first-order valence-electron chi connectivity index (χ1n) is 6.39. The van der Waals surface area contributed by atoms with Crippen molar-refractivity contribution in [1.29, 1.82) is 0 Å². The summed E-state index contributed by atoms with van der Waals surface area (Å²) in [5.74, 6) is 1.01. The number of nitrogen functional groups attached to an aromatic ring is 1. The van der Waals surface area contributed by atoms with Crippen LogP contribution in [0.5, 0.6) is 0 Å². The second kappa shape index (κ2) is 5.18. The van der Waals surface area contributed by atoms with Crippen molar-refractivity contribution in [1.82, 2.24) is 9.97 Å². The molecule has 0 aliphatic heterocycles. The lowest BCUT2D eigenvalue weighted by Crippen LogP contribution is -2.06. The predicted molar refractivity (Wildman–Crippen MR) is 78.7 cm³/mol. The lowest BCUT2D eigenvalue weighted by molar-refractivity contribution is -0.136. The van der Waals surface area contributed by atoms with Gasteiger partial charge >= 0.3 is 6.18 Å². The number of aromatic nitrogens is 2. The van der Waals surface area contributed by atoms with Crippen LogP contribution in [0.25, 0.3) is 10.8 Å². The highest BCUT2D eigenvalue weighted by atomic mass is 19.4. The number of hydrogen-bond donors (Lipinski definition) is 2. The molecule has 0 spiro atoms. The Bertz CT molecular complexity index is 830. The highest BCUT2D eigenvalue weighted by Gasteiger charge is 2.32. The van der Waals surface area contributed by atoms with Crippen LogP contribution in [0.1, 0.15) is 5.56 Å². The minimum Gasteiger partial charge on any atom is -0.384 e. The molecular formula is C15H11F3N4. The van der Waals surface area contributed by atoms with Crippen LogP contribution < -0.4 is 11.1 Å². The van der Waals surface area contributed by atoms with Gasteiger partial charge in [0.1, 0.15) is 17.5 Å². The first-order valence-corrected chi connectivity index (χ1v) is 6.39. The van der Waals surface area contributed by atoms with E-state index in [0.717, 1.165) is 6.07 Å². The molecule has 0 fully saturated rings. The summed E-state index contributed by atoms with van der Waals surface area (Å²) >= 11 is 0. The zero-order chi connectivity index (χ0) is 15.7. The molecule has 0 saturated heterocycles. The van der Waals surface area contributed by atoms with Crippen LogP contribution >= 0.6 is 0 Å². The molecule has 0 aliphatic carbocycles. The molecule has 3 rings (SSSR count). The zero-order valence-electron chi connectivity index (χ0n) is 11.2. The predicted octanol–water partition coefficient (Wildman–Crippen LogP) is 3.97.